The number of hydrogen-bond acceptors (Lipinski definition) is 3. The first kappa shape index (κ1) is 12.9. The fourth-order valence-electron chi connectivity index (χ4n) is 3.58. The Morgan fingerprint density at radius 2 is 1.89 bits per heavy atom. The van der Waals surface area contributed by atoms with Crippen LogP contribution in [0, 0.1) is 11.3 Å². The summed E-state index contributed by atoms with van der Waals surface area (Å²) in [6.07, 6.45) is 5.98. The summed E-state index contributed by atoms with van der Waals surface area (Å²) in [5, 5.41) is 7.22. The molecule has 0 amide bonds. The predicted octanol–water partition coefficient (Wildman–Crippen LogP) is 1.45. The fourth-order valence-corrected chi connectivity index (χ4v) is 3.58. The molecule has 1 heterocycles. The number of rotatable bonds is 6. The lowest BCUT2D eigenvalue weighted by Gasteiger charge is -2.41. The minimum Gasteiger partial charge on any atom is -0.314 e. The molecule has 1 saturated heterocycles. The molecule has 0 radical (unpaired) electrons. The Balaban J connectivity index is 1.43. The zero-order valence-corrected chi connectivity index (χ0v) is 12.1. The Morgan fingerprint density at radius 3 is 2.44 bits per heavy atom. The molecule has 3 rings (SSSR count). The number of hydrogen-bond donors (Lipinski definition) is 2. The van der Waals surface area contributed by atoms with Crippen LogP contribution in [0.4, 0.5) is 0 Å². The summed E-state index contributed by atoms with van der Waals surface area (Å²) in [5.41, 5.74) is 1.04. The molecule has 104 valence electrons. The van der Waals surface area contributed by atoms with Crippen LogP contribution in [0.3, 0.4) is 0 Å². The molecule has 3 aliphatic rings. The van der Waals surface area contributed by atoms with Crippen molar-refractivity contribution in [2.45, 2.75) is 45.1 Å². The Labute approximate surface area is 112 Å². The maximum absolute atomic E-state index is 3.78. The van der Waals surface area contributed by atoms with Crippen molar-refractivity contribution in [2.75, 3.05) is 39.3 Å². The van der Waals surface area contributed by atoms with Crippen molar-refractivity contribution in [1.29, 1.82) is 0 Å². The van der Waals surface area contributed by atoms with E-state index in [4.69, 9.17) is 0 Å². The second-order valence-corrected chi connectivity index (χ2v) is 7.29. The quantitative estimate of drug-likeness (QED) is 0.748. The molecule has 0 unspecified atom stereocenters. The molecular formula is C15H29N3. The van der Waals surface area contributed by atoms with Gasteiger partial charge in [-0.15, -0.1) is 0 Å². The average molecular weight is 251 g/mol. The molecule has 0 bridgehead atoms. The van der Waals surface area contributed by atoms with Crippen LogP contribution in [0.15, 0.2) is 0 Å². The van der Waals surface area contributed by atoms with E-state index in [0.29, 0.717) is 5.54 Å². The van der Waals surface area contributed by atoms with E-state index in [1.807, 2.05) is 0 Å². The standard InChI is InChI=1S/C15H29N3/c1-14(2,18-9-7-16-8-10-18)11-17-12-15(5-6-15)13-3-4-13/h13,16-17H,3-12H2,1-2H3. The normalized spacial score (nSPS) is 28.3. The van der Waals surface area contributed by atoms with Crippen molar-refractivity contribution in [3.63, 3.8) is 0 Å². The molecule has 2 aliphatic carbocycles. The highest BCUT2D eigenvalue weighted by atomic mass is 15.2. The summed E-state index contributed by atoms with van der Waals surface area (Å²) in [7, 11) is 0. The van der Waals surface area contributed by atoms with Gasteiger partial charge >= 0.3 is 0 Å². The molecule has 1 aliphatic heterocycles. The molecule has 3 heteroatoms. The highest BCUT2D eigenvalue weighted by molar-refractivity contribution is 5.05. The molecule has 0 aromatic carbocycles. The zero-order chi connectivity index (χ0) is 12.6. The number of nitrogens with zero attached hydrogens (tertiary/aromatic N) is 1. The Morgan fingerprint density at radius 1 is 1.22 bits per heavy atom. The molecule has 3 nitrogen and oxygen atoms in total. The third kappa shape index (κ3) is 2.73. The van der Waals surface area contributed by atoms with Crippen molar-refractivity contribution in [3.05, 3.63) is 0 Å². The Hall–Kier alpha value is -0.120. The third-order valence-electron chi connectivity index (χ3n) is 5.34. The molecule has 0 atom stereocenters. The third-order valence-corrected chi connectivity index (χ3v) is 5.34. The van der Waals surface area contributed by atoms with Crippen LogP contribution in [0.5, 0.6) is 0 Å². The molecule has 2 saturated carbocycles. The minimum atomic E-state index is 0.307. The van der Waals surface area contributed by atoms with E-state index in [0.717, 1.165) is 31.0 Å². The van der Waals surface area contributed by atoms with Gasteiger partial charge in [0.2, 0.25) is 0 Å². The lowest BCUT2D eigenvalue weighted by atomic mass is 9.98. The van der Waals surface area contributed by atoms with Crippen molar-refractivity contribution in [1.82, 2.24) is 15.5 Å². The van der Waals surface area contributed by atoms with Gasteiger partial charge in [0, 0.05) is 44.8 Å². The molecule has 0 aromatic rings. The van der Waals surface area contributed by atoms with E-state index < -0.39 is 0 Å². The van der Waals surface area contributed by atoms with E-state index in [9.17, 15) is 0 Å². The van der Waals surface area contributed by atoms with Gasteiger partial charge in [0.05, 0.1) is 0 Å². The molecule has 0 aromatic heterocycles. The highest BCUT2D eigenvalue weighted by Gasteiger charge is 2.53. The van der Waals surface area contributed by atoms with E-state index >= 15 is 0 Å². The van der Waals surface area contributed by atoms with Gasteiger partial charge < -0.3 is 10.6 Å². The zero-order valence-electron chi connectivity index (χ0n) is 12.1. The van der Waals surface area contributed by atoms with Crippen LogP contribution in [-0.2, 0) is 0 Å². The largest absolute Gasteiger partial charge is 0.314 e. The predicted molar refractivity (Wildman–Crippen MR) is 75.8 cm³/mol. The topological polar surface area (TPSA) is 27.3 Å². The molecular weight excluding hydrogens is 222 g/mol. The maximum atomic E-state index is 3.78. The minimum absolute atomic E-state index is 0.307. The second-order valence-electron chi connectivity index (χ2n) is 7.29. The Bertz CT molecular complexity index is 286. The van der Waals surface area contributed by atoms with Gasteiger partial charge in [0.15, 0.2) is 0 Å². The van der Waals surface area contributed by atoms with Crippen LogP contribution in [0.25, 0.3) is 0 Å². The summed E-state index contributed by atoms with van der Waals surface area (Å²) in [6, 6.07) is 0. The van der Waals surface area contributed by atoms with Gasteiger partial charge in [-0.3, -0.25) is 4.90 Å². The first-order valence-corrected chi connectivity index (χ1v) is 7.79. The van der Waals surface area contributed by atoms with Gasteiger partial charge in [-0.1, -0.05) is 0 Å². The average Bonchev–Trinajstić information content (AvgIpc) is 3.23. The van der Waals surface area contributed by atoms with Crippen LogP contribution in [-0.4, -0.2) is 49.7 Å². The Kier molecular flexibility index (Phi) is 3.41. The van der Waals surface area contributed by atoms with Gasteiger partial charge in [-0.05, 0) is 50.9 Å². The van der Waals surface area contributed by atoms with Crippen molar-refractivity contribution in [2.24, 2.45) is 11.3 Å². The second kappa shape index (κ2) is 4.77. The first-order chi connectivity index (χ1) is 8.62. The molecule has 3 fully saturated rings. The maximum Gasteiger partial charge on any atom is 0.0278 e. The van der Waals surface area contributed by atoms with Gasteiger partial charge in [0.25, 0.3) is 0 Å². The van der Waals surface area contributed by atoms with E-state index in [-0.39, 0.29) is 0 Å². The summed E-state index contributed by atoms with van der Waals surface area (Å²) in [6.45, 7) is 11.9. The molecule has 18 heavy (non-hydrogen) atoms. The number of piperazine rings is 1. The number of nitrogens with one attached hydrogen (secondary N) is 2. The van der Waals surface area contributed by atoms with Crippen LogP contribution in [0.2, 0.25) is 0 Å². The SMILES string of the molecule is CC(C)(CNCC1(C2CC2)CC1)N1CCNCC1. The van der Waals surface area contributed by atoms with Crippen molar-refractivity contribution in [3.8, 4) is 0 Å². The lowest BCUT2D eigenvalue weighted by Crippen LogP contribution is -2.57. The van der Waals surface area contributed by atoms with Crippen LogP contribution in [0.1, 0.15) is 39.5 Å². The summed E-state index contributed by atoms with van der Waals surface area (Å²) in [5.74, 6) is 1.08. The monoisotopic (exact) mass is 251 g/mol. The smallest absolute Gasteiger partial charge is 0.0278 e. The van der Waals surface area contributed by atoms with Crippen molar-refractivity contribution >= 4 is 0 Å². The highest BCUT2D eigenvalue weighted by Crippen LogP contribution is 2.60. The van der Waals surface area contributed by atoms with Crippen LogP contribution < -0.4 is 10.6 Å². The summed E-state index contributed by atoms with van der Waals surface area (Å²) in [4.78, 5) is 2.63. The summed E-state index contributed by atoms with van der Waals surface area (Å²) >= 11 is 0. The van der Waals surface area contributed by atoms with E-state index in [1.165, 1.54) is 45.3 Å². The van der Waals surface area contributed by atoms with Crippen LogP contribution >= 0.6 is 0 Å². The summed E-state index contributed by atoms with van der Waals surface area (Å²) < 4.78 is 0. The van der Waals surface area contributed by atoms with Gasteiger partial charge in [0.1, 0.15) is 0 Å². The lowest BCUT2D eigenvalue weighted by molar-refractivity contribution is 0.100. The van der Waals surface area contributed by atoms with Crippen molar-refractivity contribution < 1.29 is 0 Å². The van der Waals surface area contributed by atoms with E-state index in [1.54, 1.807) is 0 Å². The van der Waals surface area contributed by atoms with E-state index in [2.05, 4.69) is 29.4 Å². The van der Waals surface area contributed by atoms with Gasteiger partial charge in [-0.2, -0.15) is 0 Å². The first-order valence-electron chi connectivity index (χ1n) is 7.79. The van der Waals surface area contributed by atoms with Gasteiger partial charge in [-0.25, -0.2) is 0 Å². The molecule has 2 N–H and O–H groups in total. The fraction of sp³-hybridized carbons (Fsp3) is 1.00. The molecule has 0 spiro atoms.